The zero-order valence-corrected chi connectivity index (χ0v) is 17.9. The van der Waals surface area contributed by atoms with Gasteiger partial charge in [-0.15, -0.1) is 11.3 Å². The second-order valence-electron chi connectivity index (χ2n) is 6.51. The van der Waals surface area contributed by atoms with Gasteiger partial charge in [-0.3, -0.25) is 10.1 Å². The van der Waals surface area contributed by atoms with Crippen LogP contribution in [0.5, 0.6) is 0 Å². The van der Waals surface area contributed by atoms with Gasteiger partial charge in [0.2, 0.25) is 0 Å². The molecule has 4 nitrogen and oxygen atoms in total. The molecule has 8 heteroatoms. The van der Waals surface area contributed by atoms with Gasteiger partial charge in [0, 0.05) is 28.2 Å². The van der Waals surface area contributed by atoms with Gasteiger partial charge in [-0.05, 0) is 49.3 Å². The number of fused-ring (bicyclic) bond motifs is 1. The minimum absolute atomic E-state index is 0.239. The Labute approximate surface area is 182 Å². The maximum Gasteiger partial charge on any atom is 0.269 e. The van der Waals surface area contributed by atoms with Crippen molar-refractivity contribution >= 4 is 79.2 Å². The Morgan fingerprint density at radius 2 is 1.86 bits per heavy atom. The van der Waals surface area contributed by atoms with E-state index in [1.54, 1.807) is 12.1 Å². The number of nitrogens with one attached hydrogen (secondary N) is 2. The lowest BCUT2D eigenvalue weighted by atomic mass is 10.2. The van der Waals surface area contributed by atoms with Crippen LogP contribution in [-0.2, 0) is 0 Å². The molecule has 1 aliphatic heterocycles. The number of thiocarbonyl (C=S) groups is 1. The summed E-state index contributed by atoms with van der Waals surface area (Å²) in [5.74, 6) is -0.335. The van der Waals surface area contributed by atoms with Crippen LogP contribution in [0.15, 0.2) is 42.5 Å². The maximum absolute atomic E-state index is 12.7. The summed E-state index contributed by atoms with van der Waals surface area (Å²) in [5, 5.41) is 7.94. The molecule has 0 bridgehead atoms. The minimum Gasteiger partial charge on any atom is -0.370 e. The fraction of sp³-hybridized carbons (Fsp3) is 0.200. The van der Waals surface area contributed by atoms with Crippen molar-refractivity contribution in [3.05, 3.63) is 57.4 Å². The first-order valence-corrected chi connectivity index (χ1v) is 10.8. The average molecular weight is 450 g/mol. The van der Waals surface area contributed by atoms with Crippen LogP contribution in [0.1, 0.15) is 22.5 Å². The Kier molecular flexibility index (Phi) is 5.73. The highest BCUT2D eigenvalue weighted by molar-refractivity contribution is 7.80. The van der Waals surface area contributed by atoms with Crippen molar-refractivity contribution in [2.45, 2.75) is 12.8 Å². The highest BCUT2D eigenvalue weighted by Gasteiger charge is 2.20. The third-order valence-corrected chi connectivity index (χ3v) is 6.72. The van der Waals surface area contributed by atoms with Crippen molar-refractivity contribution in [2.75, 3.05) is 23.3 Å². The molecule has 2 heterocycles. The van der Waals surface area contributed by atoms with E-state index in [1.165, 1.54) is 24.2 Å². The molecular weight excluding hydrogens is 433 g/mol. The number of thiophene rings is 1. The van der Waals surface area contributed by atoms with Gasteiger partial charge in [0.15, 0.2) is 5.11 Å². The maximum atomic E-state index is 12.7. The molecule has 1 saturated heterocycles. The van der Waals surface area contributed by atoms with E-state index in [9.17, 15) is 4.79 Å². The molecule has 0 atom stereocenters. The third kappa shape index (κ3) is 3.96. The highest BCUT2D eigenvalue weighted by Crippen LogP contribution is 2.36. The molecule has 4 rings (SSSR count). The molecule has 0 saturated carbocycles. The summed E-state index contributed by atoms with van der Waals surface area (Å²) >= 11 is 19.1. The fourth-order valence-corrected chi connectivity index (χ4v) is 5.20. The van der Waals surface area contributed by atoms with Gasteiger partial charge in [0.05, 0.1) is 16.4 Å². The lowest BCUT2D eigenvalue weighted by molar-refractivity contribution is 0.0982. The molecule has 1 amide bonds. The number of para-hydroxylation sites is 2. The van der Waals surface area contributed by atoms with Gasteiger partial charge in [0.25, 0.3) is 5.91 Å². The monoisotopic (exact) mass is 449 g/mol. The van der Waals surface area contributed by atoms with Crippen LogP contribution >= 0.6 is 46.8 Å². The topological polar surface area (TPSA) is 44.4 Å². The quantitative estimate of drug-likeness (QED) is 0.485. The lowest BCUT2D eigenvalue weighted by Crippen LogP contribution is -2.34. The average Bonchev–Trinajstić information content (AvgIpc) is 3.30. The van der Waals surface area contributed by atoms with Crippen molar-refractivity contribution in [2.24, 2.45) is 0 Å². The van der Waals surface area contributed by atoms with Crippen LogP contribution in [0.3, 0.4) is 0 Å². The molecule has 1 fully saturated rings. The van der Waals surface area contributed by atoms with Crippen LogP contribution in [0.2, 0.25) is 10.0 Å². The number of hydrogen-bond acceptors (Lipinski definition) is 4. The molecule has 144 valence electrons. The highest BCUT2D eigenvalue weighted by atomic mass is 35.5. The molecule has 2 aromatic carbocycles. The summed E-state index contributed by atoms with van der Waals surface area (Å²) in [5.41, 5.74) is 1.97. The summed E-state index contributed by atoms with van der Waals surface area (Å²) in [7, 11) is 0. The summed E-state index contributed by atoms with van der Waals surface area (Å²) in [6.45, 7) is 2.05. The third-order valence-electron chi connectivity index (χ3n) is 4.62. The molecule has 28 heavy (non-hydrogen) atoms. The molecule has 3 aromatic rings. The van der Waals surface area contributed by atoms with Crippen molar-refractivity contribution in [1.82, 2.24) is 5.32 Å². The van der Waals surface area contributed by atoms with Crippen LogP contribution in [0.25, 0.3) is 10.1 Å². The van der Waals surface area contributed by atoms with E-state index in [0.29, 0.717) is 14.9 Å². The molecule has 0 radical (unpaired) electrons. The van der Waals surface area contributed by atoms with E-state index in [-0.39, 0.29) is 11.0 Å². The Morgan fingerprint density at radius 1 is 1.11 bits per heavy atom. The van der Waals surface area contributed by atoms with Crippen LogP contribution in [-0.4, -0.2) is 24.1 Å². The zero-order valence-electron chi connectivity index (χ0n) is 14.8. The zero-order chi connectivity index (χ0) is 19.7. The smallest absolute Gasteiger partial charge is 0.269 e. The van der Waals surface area contributed by atoms with E-state index < -0.39 is 0 Å². The van der Waals surface area contributed by atoms with E-state index in [0.717, 1.165) is 34.6 Å². The Morgan fingerprint density at radius 3 is 2.64 bits per heavy atom. The van der Waals surface area contributed by atoms with Gasteiger partial charge in [-0.1, -0.05) is 41.4 Å². The van der Waals surface area contributed by atoms with E-state index in [4.69, 9.17) is 35.4 Å². The van der Waals surface area contributed by atoms with Gasteiger partial charge in [-0.25, -0.2) is 0 Å². The number of nitrogens with zero attached hydrogens (tertiary/aromatic N) is 1. The number of rotatable bonds is 3. The second-order valence-corrected chi connectivity index (χ2v) is 8.78. The van der Waals surface area contributed by atoms with E-state index >= 15 is 0 Å². The predicted molar refractivity (Wildman–Crippen MR) is 123 cm³/mol. The molecule has 1 aliphatic rings. The number of amides is 1. The largest absolute Gasteiger partial charge is 0.370 e. The number of carbonyl (C=O) groups is 1. The number of hydrogen-bond donors (Lipinski definition) is 2. The summed E-state index contributed by atoms with van der Waals surface area (Å²) in [6.07, 6.45) is 2.37. The standard InChI is InChI=1S/C20H17Cl2N3OS2/c21-12-7-8-13-16(11-12)28-18(17(13)22)19(26)24-20(27)23-14-5-1-2-6-15(14)25-9-3-4-10-25/h1-2,5-8,11H,3-4,9-10H2,(H2,23,24,26,27). The minimum atomic E-state index is -0.335. The Bertz CT molecular complexity index is 1060. The van der Waals surface area contributed by atoms with Crippen LogP contribution < -0.4 is 15.5 Å². The normalized spacial score (nSPS) is 13.7. The number of halogens is 2. The van der Waals surface area contributed by atoms with Crippen LogP contribution in [0.4, 0.5) is 11.4 Å². The summed E-state index contributed by atoms with van der Waals surface area (Å²) in [6, 6.07) is 13.3. The molecule has 2 N–H and O–H groups in total. The van der Waals surface area contributed by atoms with Crippen molar-refractivity contribution in [1.29, 1.82) is 0 Å². The van der Waals surface area contributed by atoms with Gasteiger partial charge in [0.1, 0.15) is 4.88 Å². The van der Waals surface area contributed by atoms with Gasteiger partial charge < -0.3 is 10.2 Å². The first-order valence-electron chi connectivity index (χ1n) is 8.87. The number of carbonyl (C=O) groups excluding carboxylic acids is 1. The van der Waals surface area contributed by atoms with E-state index in [1.807, 2.05) is 24.3 Å². The number of benzene rings is 2. The first kappa shape index (κ1) is 19.5. The lowest BCUT2D eigenvalue weighted by Gasteiger charge is -2.22. The number of anilines is 2. The van der Waals surface area contributed by atoms with Gasteiger partial charge in [-0.2, -0.15) is 0 Å². The molecular formula is C20H17Cl2N3OS2. The predicted octanol–water partition coefficient (Wildman–Crippen LogP) is 5.94. The molecule has 0 aliphatic carbocycles. The summed E-state index contributed by atoms with van der Waals surface area (Å²) in [4.78, 5) is 15.4. The SMILES string of the molecule is O=C(NC(=S)Nc1ccccc1N1CCCC1)c1sc2cc(Cl)ccc2c1Cl. The Hall–Kier alpha value is -1.86. The molecule has 0 unspecified atom stereocenters. The Balaban J connectivity index is 1.50. The van der Waals surface area contributed by atoms with E-state index in [2.05, 4.69) is 21.6 Å². The van der Waals surface area contributed by atoms with Crippen LogP contribution in [0, 0.1) is 0 Å². The van der Waals surface area contributed by atoms with Crippen molar-refractivity contribution < 1.29 is 4.79 Å². The molecule has 1 aromatic heterocycles. The van der Waals surface area contributed by atoms with Crippen molar-refractivity contribution in [3.63, 3.8) is 0 Å². The fourth-order valence-electron chi connectivity index (χ4n) is 3.31. The molecule has 0 spiro atoms. The van der Waals surface area contributed by atoms with Gasteiger partial charge >= 0.3 is 0 Å². The first-order chi connectivity index (χ1) is 13.5. The second kappa shape index (κ2) is 8.25. The van der Waals surface area contributed by atoms with Crippen molar-refractivity contribution in [3.8, 4) is 0 Å². The summed E-state index contributed by atoms with van der Waals surface area (Å²) < 4.78 is 0.862.